The molecule has 0 atom stereocenters. The fourth-order valence-corrected chi connectivity index (χ4v) is 3.80. The van der Waals surface area contributed by atoms with Gasteiger partial charge in [-0.25, -0.2) is 0 Å². The number of hydrogen-bond acceptors (Lipinski definition) is 5. The quantitative estimate of drug-likeness (QED) is 0.596. The van der Waals surface area contributed by atoms with Gasteiger partial charge in [-0.3, -0.25) is 9.69 Å². The van der Waals surface area contributed by atoms with Crippen LogP contribution < -0.4 is 9.64 Å². The first-order chi connectivity index (χ1) is 12.0. The van der Waals surface area contributed by atoms with Crippen molar-refractivity contribution in [1.82, 2.24) is 0 Å². The third-order valence-corrected chi connectivity index (χ3v) is 5.07. The lowest BCUT2D eigenvalue weighted by Crippen LogP contribution is -2.27. The van der Waals surface area contributed by atoms with Gasteiger partial charge in [-0.05, 0) is 55.0 Å². The van der Waals surface area contributed by atoms with Crippen LogP contribution in [0, 0.1) is 0 Å². The number of rotatable bonds is 4. The van der Waals surface area contributed by atoms with Gasteiger partial charge in [0, 0.05) is 0 Å². The molecule has 0 saturated carbocycles. The van der Waals surface area contributed by atoms with Crippen molar-refractivity contribution in [1.29, 1.82) is 0 Å². The Bertz CT molecular complexity index is 865. The molecule has 7 heteroatoms. The molecular weight excluding hydrogens is 378 g/mol. The van der Waals surface area contributed by atoms with E-state index in [1.165, 1.54) is 22.7 Å². The van der Waals surface area contributed by atoms with Crippen LogP contribution in [-0.4, -0.2) is 21.9 Å². The molecule has 1 fully saturated rings. The first-order valence-corrected chi connectivity index (χ1v) is 9.09. The maximum Gasteiger partial charge on any atom is 0.270 e. The van der Waals surface area contributed by atoms with Crippen LogP contribution in [0.3, 0.4) is 0 Å². The van der Waals surface area contributed by atoms with Crippen LogP contribution >= 0.6 is 35.6 Å². The molecule has 0 aromatic heterocycles. The predicted octanol–water partition coefficient (Wildman–Crippen LogP) is 4.85. The van der Waals surface area contributed by atoms with Crippen molar-refractivity contribution in [3.05, 3.63) is 58.0 Å². The van der Waals surface area contributed by atoms with Crippen LogP contribution in [0.4, 0.5) is 5.69 Å². The minimum atomic E-state index is -0.191. The summed E-state index contributed by atoms with van der Waals surface area (Å²) in [5, 5.41) is 9.72. The second-order valence-electron chi connectivity index (χ2n) is 5.15. The molecule has 2 aromatic carbocycles. The van der Waals surface area contributed by atoms with E-state index in [0.717, 1.165) is 11.3 Å². The standard InChI is InChI=1S/C18H14ClNO3S2/c1-2-23-13-6-4-12(5-7-13)20-17(22)16(25-18(20)24)10-11-3-8-15(21)14(19)9-11/h3-10,21H,2H2,1H3/b16-10+. The molecule has 4 nitrogen and oxygen atoms in total. The van der Waals surface area contributed by atoms with Crippen molar-refractivity contribution in [3.8, 4) is 11.5 Å². The molecule has 2 aromatic rings. The van der Waals surface area contributed by atoms with Crippen LogP contribution in [0.15, 0.2) is 47.4 Å². The lowest BCUT2D eigenvalue weighted by molar-refractivity contribution is -0.113. The van der Waals surface area contributed by atoms with Gasteiger partial charge in [-0.2, -0.15) is 0 Å². The monoisotopic (exact) mass is 391 g/mol. The molecule has 1 amide bonds. The van der Waals surface area contributed by atoms with E-state index in [-0.39, 0.29) is 16.7 Å². The van der Waals surface area contributed by atoms with Crippen molar-refractivity contribution in [2.24, 2.45) is 0 Å². The highest BCUT2D eigenvalue weighted by Gasteiger charge is 2.33. The normalized spacial score (nSPS) is 15.9. The molecule has 128 valence electrons. The number of phenols is 1. The van der Waals surface area contributed by atoms with Crippen molar-refractivity contribution >= 4 is 57.6 Å². The molecule has 1 N–H and O–H groups in total. The SMILES string of the molecule is CCOc1ccc(N2C(=O)/C(=C\c3ccc(O)c(Cl)c3)SC2=S)cc1. The number of aromatic hydroxyl groups is 1. The Balaban J connectivity index is 1.86. The summed E-state index contributed by atoms with van der Waals surface area (Å²) >= 11 is 12.5. The number of amides is 1. The largest absolute Gasteiger partial charge is 0.506 e. The average Bonchev–Trinajstić information content (AvgIpc) is 2.86. The molecule has 1 aliphatic rings. The first-order valence-electron chi connectivity index (χ1n) is 7.49. The van der Waals surface area contributed by atoms with E-state index in [4.69, 9.17) is 28.6 Å². The molecule has 0 spiro atoms. The lowest BCUT2D eigenvalue weighted by atomic mass is 10.2. The fraction of sp³-hybridized carbons (Fsp3) is 0.111. The zero-order valence-electron chi connectivity index (χ0n) is 13.2. The fourth-order valence-electron chi connectivity index (χ4n) is 2.31. The second-order valence-corrected chi connectivity index (χ2v) is 7.24. The molecule has 3 rings (SSSR count). The van der Waals surface area contributed by atoms with Crippen LogP contribution in [0.1, 0.15) is 12.5 Å². The molecule has 1 saturated heterocycles. The Hall–Kier alpha value is -2.02. The molecular formula is C18H14ClNO3S2. The van der Waals surface area contributed by atoms with Crippen LogP contribution in [0.2, 0.25) is 5.02 Å². The molecule has 0 bridgehead atoms. The average molecular weight is 392 g/mol. The third kappa shape index (κ3) is 3.81. The van der Waals surface area contributed by atoms with Crippen LogP contribution in [0.25, 0.3) is 6.08 Å². The second kappa shape index (κ2) is 7.47. The van der Waals surface area contributed by atoms with Gasteiger partial charge in [-0.1, -0.05) is 41.6 Å². The first kappa shape index (κ1) is 17.8. The summed E-state index contributed by atoms with van der Waals surface area (Å²) in [6, 6.07) is 12.0. The number of hydrogen-bond donors (Lipinski definition) is 1. The zero-order chi connectivity index (χ0) is 18.0. The molecule has 0 radical (unpaired) electrons. The smallest absolute Gasteiger partial charge is 0.270 e. The van der Waals surface area contributed by atoms with Crippen LogP contribution in [0.5, 0.6) is 11.5 Å². The maximum absolute atomic E-state index is 12.7. The number of carbonyl (C=O) groups is 1. The predicted molar refractivity (Wildman–Crippen MR) is 106 cm³/mol. The van der Waals surface area contributed by atoms with Gasteiger partial charge in [0.25, 0.3) is 5.91 Å². The minimum Gasteiger partial charge on any atom is -0.506 e. The topological polar surface area (TPSA) is 49.8 Å². The Kier molecular flexibility index (Phi) is 5.32. The number of carbonyl (C=O) groups excluding carboxylic acids is 1. The molecule has 0 unspecified atom stereocenters. The molecule has 25 heavy (non-hydrogen) atoms. The number of ether oxygens (including phenoxy) is 1. The van der Waals surface area contributed by atoms with E-state index in [1.807, 2.05) is 6.92 Å². The Morgan fingerprint density at radius 2 is 2.00 bits per heavy atom. The summed E-state index contributed by atoms with van der Waals surface area (Å²) in [5.74, 6) is 0.551. The minimum absolute atomic E-state index is 0.000698. The van der Waals surface area contributed by atoms with Gasteiger partial charge >= 0.3 is 0 Å². The lowest BCUT2D eigenvalue weighted by Gasteiger charge is -2.15. The maximum atomic E-state index is 12.7. The number of nitrogens with zero attached hydrogens (tertiary/aromatic N) is 1. The third-order valence-electron chi connectivity index (χ3n) is 3.47. The summed E-state index contributed by atoms with van der Waals surface area (Å²) in [5.41, 5.74) is 1.41. The summed E-state index contributed by atoms with van der Waals surface area (Å²) in [7, 11) is 0. The number of halogens is 1. The number of thioether (sulfide) groups is 1. The highest BCUT2D eigenvalue weighted by atomic mass is 35.5. The molecule has 1 aliphatic heterocycles. The van der Waals surface area contributed by atoms with E-state index < -0.39 is 0 Å². The van der Waals surface area contributed by atoms with E-state index in [1.54, 1.807) is 42.5 Å². The van der Waals surface area contributed by atoms with Gasteiger partial charge in [-0.15, -0.1) is 0 Å². The van der Waals surface area contributed by atoms with Gasteiger partial charge in [0.05, 0.1) is 22.2 Å². The zero-order valence-corrected chi connectivity index (χ0v) is 15.6. The Morgan fingerprint density at radius 3 is 2.64 bits per heavy atom. The van der Waals surface area contributed by atoms with E-state index in [0.29, 0.717) is 21.5 Å². The highest BCUT2D eigenvalue weighted by Crippen LogP contribution is 2.37. The van der Waals surface area contributed by atoms with Crippen LogP contribution in [-0.2, 0) is 4.79 Å². The van der Waals surface area contributed by atoms with Gasteiger partial charge < -0.3 is 9.84 Å². The van der Waals surface area contributed by atoms with Gasteiger partial charge in [0.1, 0.15) is 11.5 Å². The van der Waals surface area contributed by atoms with Crippen molar-refractivity contribution in [2.75, 3.05) is 11.5 Å². The number of benzene rings is 2. The highest BCUT2D eigenvalue weighted by molar-refractivity contribution is 8.27. The Morgan fingerprint density at radius 1 is 1.28 bits per heavy atom. The van der Waals surface area contributed by atoms with Gasteiger partial charge in [0.2, 0.25) is 0 Å². The van der Waals surface area contributed by atoms with E-state index >= 15 is 0 Å². The van der Waals surface area contributed by atoms with Crippen molar-refractivity contribution < 1.29 is 14.6 Å². The molecule has 0 aliphatic carbocycles. The van der Waals surface area contributed by atoms with Crippen molar-refractivity contribution in [2.45, 2.75) is 6.92 Å². The Labute approximate surface area is 160 Å². The summed E-state index contributed by atoms with van der Waals surface area (Å²) in [4.78, 5) is 14.7. The van der Waals surface area contributed by atoms with Gasteiger partial charge in [0.15, 0.2) is 4.32 Å². The number of thiocarbonyl (C=S) groups is 1. The van der Waals surface area contributed by atoms with E-state index in [9.17, 15) is 9.90 Å². The summed E-state index contributed by atoms with van der Waals surface area (Å²) < 4.78 is 5.88. The summed E-state index contributed by atoms with van der Waals surface area (Å²) in [6.07, 6.45) is 1.71. The van der Waals surface area contributed by atoms with Crippen molar-refractivity contribution in [3.63, 3.8) is 0 Å². The molecule has 1 heterocycles. The number of anilines is 1. The number of phenolic OH excluding ortho intramolecular Hbond substituents is 1. The van der Waals surface area contributed by atoms with E-state index in [2.05, 4.69) is 0 Å². The summed E-state index contributed by atoms with van der Waals surface area (Å²) in [6.45, 7) is 2.49.